The van der Waals surface area contributed by atoms with E-state index in [9.17, 15) is 14.4 Å². The first-order valence-corrected chi connectivity index (χ1v) is 17.4. The summed E-state index contributed by atoms with van der Waals surface area (Å²) in [4.78, 5) is 33.8. The van der Waals surface area contributed by atoms with Crippen LogP contribution in [0.3, 0.4) is 0 Å². The van der Waals surface area contributed by atoms with Crippen molar-refractivity contribution in [2.75, 3.05) is 6.61 Å². The fourth-order valence-electron chi connectivity index (χ4n) is 4.70. The van der Waals surface area contributed by atoms with Gasteiger partial charge in [0.1, 0.15) is 11.5 Å². The maximum atomic E-state index is 11.5. The number of unbranched alkanes of at least 4 members (excludes halogenated alkanes) is 15. The summed E-state index contributed by atoms with van der Waals surface area (Å²) >= 11 is 0. The van der Waals surface area contributed by atoms with Crippen LogP contribution in [0.5, 0.6) is 11.5 Å². The largest absolute Gasteiger partial charge is 0.463 e. The smallest absolute Gasteiger partial charge is 0.338 e. The van der Waals surface area contributed by atoms with Gasteiger partial charge in [-0.3, -0.25) is 0 Å². The van der Waals surface area contributed by atoms with E-state index in [0.717, 1.165) is 17.5 Å². The lowest BCUT2D eigenvalue weighted by molar-refractivity contribution is -0.138. The van der Waals surface area contributed by atoms with Crippen LogP contribution in [0.2, 0.25) is 0 Å². The molecule has 2 aromatic carbocycles. The Hall–Kier alpha value is -3.93. The Bertz CT molecular complexity index is 1140. The van der Waals surface area contributed by atoms with E-state index in [0.29, 0.717) is 29.3 Å². The summed E-state index contributed by atoms with van der Waals surface area (Å²) in [5.74, 6) is -0.290. The summed E-state index contributed by atoms with van der Waals surface area (Å²) in [5.41, 5.74) is 2.59. The zero-order chi connectivity index (χ0) is 34.7. The van der Waals surface area contributed by atoms with Crippen molar-refractivity contribution in [2.45, 2.75) is 124 Å². The molecule has 0 amide bonds. The Morgan fingerprint density at radius 1 is 0.553 bits per heavy atom. The number of carbonyl (C=O) groups excluding carboxylic acids is 3. The van der Waals surface area contributed by atoms with Crippen molar-refractivity contribution in [3.8, 4) is 22.6 Å². The van der Waals surface area contributed by atoms with Crippen molar-refractivity contribution in [3.63, 3.8) is 0 Å². The molecule has 0 fully saturated rings. The number of rotatable bonds is 23. The third-order valence-corrected chi connectivity index (χ3v) is 7.57. The zero-order valence-corrected chi connectivity index (χ0v) is 29.3. The summed E-state index contributed by atoms with van der Waals surface area (Å²) < 4.78 is 15.2. The quantitative estimate of drug-likeness (QED) is 0.0517. The molecule has 0 atom stereocenters. The molecule has 0 saturated carbocycles. The van der Waals surface area contributed by atoms with E-state index in [1.807, 2.05) is 24.3 Å². The van der Waals surface area contributed by atoms with Gasteiger partial charge in [0.15, 0.2) is 0 Å². The highest BCUT2D eigenvalue weighted by Crippen LogP contribution is 2.25. The van der Waals surface area contributed by atoms with E-state index >= 15 is 0 Å². The van der Waals surface area contributed by atoms with Crippen molar-refractivity contribution in [2.24, 2.45) is 0 Å². The zero-order valence-electron chi connectivity index (χ0n) is 29.3. The lowest BCUT2D eigenvalue weighted by Crippen LogP contribution is -2.08. The standard InChI is InChI=1S/C21H40O2.C20H18O4/c1-3-5-6-7-8-9-10-11-12-13-14-15-16-17-18-19-20-23-21(22)4-2;1-13(2)19(21)23-17-9-5-15(6-10-17)16-7-11-18(12-8-16)24-20(22)14(3)4/h4H,2-3,5-20H2,1H3;5-12H,1,3H2,2,4H3. The van der Waals surface area contributed by atoms with E-state index in [-0.39, 0.29) is 5.97 Å². The van der Waals surface area contributed by atoms with Gasteiger partial charge in [-0.05, 0) is 55.7 Å². The number of ether oxygens (including phenoxy) is 3. The Balaban J connectivity index is 0.000000471. The molecule has 0 aliphatic carbocycles. The number of esters is 3. The molecule has 0 radical (unpaired) electrons. The van der Waals surface area contributed by atoms with E-state index in [2.05, 4.69) is 26.7 Å². The highest BCUT2D eigenvalue weighted by atomic mass is 16.5. The van der Waals surface area contributed by atoms with Crippen LogP contribution in [-0.4, -0.2) is 24.5 Å². The summed E-state index contributed by atoms with van der Waals surface area (Å²) in [5, 5.41) is 0. The molecule has 0 aromatic heterocycles. The molecular weight excluding hydrogens is 588 g/mol. The van der Waals surface area contributed by atoms with Crippen LogP contribution in [0.25, 0.3) is 11.1 Å². The molecule has 6 heteroatoms. The van der Waals surface area contributed by atoms with Crippen LogP contribution in [0.15, 0.2) is 85.5 Å². The molecule has 258 valence electrons. The number of hydrogen-bond acceptors (Lipinski definition) is 6. The highest BCUT2D eigenvalue weighted by molar-refractivity contribution is 5.89. The third-order valence-electron chi connectivity index (χ3n) is 7.57. The molecule has 0 saturated heterocycles. The average Bonchev–Trinajstić information content (AvgIpc) is 3.07. The molecule has 2 rings (SSSR count). The van der Waals surface area contributed by atoms with Gasteiger partial charge in [0.05, 0.1) is 6.61 Å². The predicted molar refractivity (Wildman–Crippen MR) is 193 cm³/mol. The number of carbonyl (C=O) groups is 3. The average molecular weight is 647 g/mol. The summed E-state index contributed by atoms with van der Waals surface area (Å²) in [6.07, 6.45) is 23.0. The van der Waals surface area contributed by atoms with Crippen molar-refractivity contribution in [3.05, 3.63) is 85.5 Å². The molecule has 0 N–H and O–H groups in total. The van der Waals surface area contributed by atoms with Gasteiger partial charge in [-0.15, -0.1) is 0 Å². The topological polar surface area (TPSA) is 78.9 Å². The first-order valence-electron chi connectivity index (χ1n) is 17.4. The molecular formula is C41H58O6. The summed E-state index contributed by atoms with van der Waals surface area (Å²) in [7, 11) is 0. The van der Waals surface area contributed by atoms with Crippen LogP contribution in [-0.2, 0) is 19.1 Å². The maximum Gasteiger partial charge on any atom is 0.338 e. The summed E-state index contributed by atoms with van der Waals surface area (Å²) in [6.45, 7) is 16.5. The van der Waals surface area contributed by atoms with Crippen LogP contribution >= 0.6 is 0 Å². The Morgan fingerprint density at radius 3 is 1.17 bits per heavy atom. The van der Waals surface area contributed by atoms with Gasteiger partial charge in [0.25, 0.3) is 0 Å². The van der Waals surface area contributed by atoms with Gasteiger partial charge >= 0.3 is 17.9 Å². The van der Waals surface area contributed by atoms with Crippen molar-refractivity contribution < 1.29 is 28.6 Å². The normalized spacial score (nSPS) is 10.3. The van der Waals surface area contributed by atoms with Gasteiger partial charge in [-0.2, -0.15) is 0 Å². The second-order valence-corrected chi connectivity index (χ2v) is 12.1. The fourth-order valence-corrected chi connectivity index (χ4v) is 4.70. The lowest BCUT2D eigenvalue weighted by Gasteiger charge is -2.07. The second-order valence-electron chi connectivity index (χ2n) is 12.1. The first-order chi connectivity index (χ1) is 22.7. The van der Waals surface area contributed by atoms with E-state index in [1.54, 1.807) is 38.1 Å². The molecule has 47 heavy (non-hydrogen) atoms. The second kappa shape index (κ2) is 26.2. The fraction of sp³-hybridized carbons (Fsp3) is 0.488. The molecule has 0 unspecified atom stereocenters. The van der Waals surface area contributed by atoms with Gasteiger partial charge in [0.2, 0.25) is 0 Å². The Kier molecular flexibility index (Phi) is 22.9. The minimum absolute atomic E-state index is 0.300. The molecule has 0 aliphatic rings. The van der Waals surface area contributed by atoms with Gasteiger partial charge in [0, 0.05) is 17.2 Å². The monoisotopic (exact) mass is 646 g/mol. The lowest BCUT2D eigenvalue weighted by atomic mass is 10.0. The summed E-state index contributed by atoms with van der Waals surface area (Å²) in [6, 6.07) is 14.2. The maximum absolute atomic E-state index is 11.5. The van der Waals surface area contributed by atoms with Gasteiger partial charge in [-0.1, -0.05) is 147 Å². The van der Waals surface area contributed by atoms with Crippen LogP contribution in [0.1, 0.15) is 124 Å². The van der Waals surface area contributed by atoms with Gasteiger partial charge in [-0.25, -0.2) is 14.4 Å². The minimum Gasteiger partial charge on any atom is -0.463 e. The molecule has 0 aliphatic heterocycles. The SMILES string of the molecule is C=C(C)C(=O)Oc1ccc(-c2ccc(OC(=O)C(=C)C)cc2)cc1.C=CC(=O)OCCCCCCCCCCCCCCCCCC. The highest BCUT2D eigenvalue weighted by Gasteiger charge is 2.07. The van der Waals surface area contributed by atoms with Gasteiger partial charge < -0.3 is 14.2 Å². The van der Waals surface area contributed by atoms with E-state index in [1.165, 1.54) is 102 Å². The first kappa shape index (κ1) is 41.1. The molecule has 0 heterocycles. The number of benzene rings is 2. The Morgan fingerprint density at radius 2 is 0.872 bits per heavy atom. The van der Waals surface area contributed by atoms with Crippen LogP contribution < -0.4 is 9.47 Å². The van der Waals surface area contributed by atoms with Crippen LogP contribution in [0.4, 0.5) is 0 Å². The van der Waals surface area contributed by atoms with E-state index < -0.39 is 11.9 Å². The van der Waals surface area contributed by atoms with Crippen molar-refractivity contribution in [1.29, 1.82) is 0 Å². The van der Waals surface area contributed by atoms with Crippen molar-refractivity contribution >= 4 is 17.9 Å². The minimum atomic E-state index is -0.452. The molecule has 0 spiro atoms. The van der Waals surface area contributed by atoms with Crippen molar-refractivity contribution in [1.82, 2.24) is 0 Å². The predicted octanol–water partition coefficient (Wildman–Crippen LogP) is 11.3. The number of hydrogen-bond donors (Lipinski definition) is 0. The third kappa shape index (κ3) is 20.7. The van der Waals surface area contributed by atoms with E-state index in [4.69, 9.17) is 14.2 Å². The molecule has 2 aromatic rings. The molecule has 0 bridgehead atoms. The molecule has 6 nitrogen and oxygen atoms in total. The van der Waals surface area contributed by atoms with Crippen LogP contribution in [0, 0.1) is 0 Å². The Labute approximate surface area is 284 Å².